The first kappa shape index (κ1) is 31.0. The molecule has 0 unspecified atom stereocenters. The number of unbranched alkanes of at least 4 members (excludes halogenated alkanes) is 4. The van der Waals surface area contributed by atoms with E-state index >= 15 is 0 Å². The van der Waals surface area contributed by atoms with Crippen LogP contribution in [0.1, 0.15) is 76.9 Å². The van der Waals surface area contributed by atoms with E-state index in [2.05, 4.69) is 65.7 Å². The van der Waals surface area contributed by atoms with Gasteiger partial charge in [-0.3, -0.25) is 14.5 Å². The molecule has 0 bridgehead atoms. The predicted molar refractivity (Wildman–Crippen MR) is 177 cm³/mol. The lowest BCUT2D eigenvalue weighted by Gasteiger charge is -2.40. The summed E-state index contributed by atoms with van der Waals surface area (Å²) in [4.78, 5) is 31.2. The third-order valence-electron chi connectivity index (χ3n) is 8.24. The lowest BCUT2D eigenvalue weighted by Crippen LogP contribution is -2.50. The highest BCUT2D eigenvalue weighted by Gasteiger charge is 2.29. The quantitative estimate of drug-likeness (QED) is 0.161. The summed E-state index contributed by atoms with van der Waals surface area (Å²) in [6.45, 7) is 5.61. The molecule has 0 aliphatic carbocycles. The predicted octanol–water partition coefficient (Wildman–Crippen LogP) is 7.84. The average molecular weight is 590 g/mol. The summed E-state index contributed by atoms with van der Waals surface area (Å²) in [5.41, 5.74) is 4.02. The van der Waals surface area contributed by atoms with Crippen molar-refractivity contribution in [3.8, 4) is 5.75 Å². The van der Waals surface area contributed by atoms with Crippen LogP contribution in [0.5, 0.6) is 5.75 Å². The summed E-state index contributed by atoms with van der Waals surface area (Å²) in [7, 11) is 0. The molecule has 0 aromatic heterocycles. The molecule has 1 saturated heterocycles. The molecular weight excluding hydrogens is 546 g/mol. The van der Waals surface area contributed by atoms with E-state index in [0.717, 1.165) is 25.3 Å². The number of carbonyl (C=O) groups is 2. The van der Waals surface area contributed by atoms with Crippen molar-refractivity contribution in [3.05, 3.63) is 131 Å². The summed E-state index contributed by atoms with van der Waals surface area (Å²) in [6, 6.07) is 35.7. The van der Waals surface area contributed by atoms with Gasteiger partial charge in [-0.1, -0.05) is 105 Å². The highest BCUT2D eigenvalue weighted by Crippen LogP contribution is 2.30. The number of para-hydroxylation sites is 1. The molecule has 6 nitrogen and oxygen atoms in total. The summed E-state index contributed by atoms with van der Waals surface area (Å²) < 4.78 is 5.84. The maximum absolute atomic E-state index is 13.7. The molecule has 1 fully saturated rings. The van der Waals surface area contributed by atoms with Crippen molar-refractivity contribution in [2.75, 3.05) is 38.1 Å². The van der Waals surface area contributed by atoms with E-state index in [-0.39, 0.29) is 17.9 Å². The molecule has 0 radical (unpaired) electrons. The maximum atomic E-state index is 13.7. The zero-order valence-electron chi connectivity index (χ0n) is 25.7. The van der Waals surface area contributed by atoms with Crippen LogP contribution < -0.4 is 10.1 Å². The largest absolute Gasteiger partial charge is 0.494 e. The first-order valence-corrected chi connectivity index (χ1v) is 15.9. The van der Waals surface area contributed by atoms with E-state index in [1.165, 1.54) is 36.8 Å². The van der Waals surface area contributed by atoms with Gasteiger partial charge in [0.1, 0.15) is 5.75 Å². The van der Waals surface area contributed by atoms with Crippen LogP contribution in [0.25, 0.3) is 0 Å². The van der Waals surface area contributed by atoms with Crippen LogP contribution >= 0.6 is 0 Å². The number of carbonyl (C=O) groups excluding carboxylic acids is 2. The van der Waals surface area contributed by atoms with Gasteiger partial charge in [-0.05, 0) is 53.9 Å². The third-order valence-corrected chi connectivity index (χ3v) is 8.24. The molecule has 1 heterocycles. The van der Waals surface area contributed by atoms with Crippen LogP contribution in [-0.2, 0) is 0 Å². The molecule has 4 aromatic carbocycles. The number of amides is 2. The fraction of sp³-hybridized carbons (Fsp3) is 0.316. The lowest BCUT2D eigenvalue weighted by atomic mass is 9.96. The van der Waals surface area contributed by atoms with Gasteiger partial charge in [0.15, 0.2) is 0 Å². The van der Waals surface area contributed by atoms with Crippen molar-refractivity contribution in [1.29, 1.82) is 0 Å². The van der Waals surface area contributed by atoms with Gasteiger partial charge < -0.3 is 15.0 Å². The number of rotatable bonds is 13. The zero-order chi connectivity index (χ0) is 30.6. The Balaban J connectivity index is 1.19. The number of ether oxygens (including phenoxy) is 1. The number of hydrogen-bond donors (Lipinski definition) is 1. The van der Waals surface area contributed by atoms with Gasteiger partial charge in [-0.15, -0.1) is 0 Å². The van der Waals surface area contributed by atoms with Crippen LogP contribution in [-0.4, -0.2) is 54.4 Å². The highest BCUT2D eigenvalue weighted by molar-refractivity contribution is 6.09. The molecule has 1 aliphatic rings. The maximum Gasteiger partial charge on any atom is 0.256 e. The van der Waals surface area contributed by atoms with Crippen LogP contribution in [0.15, 0.2) is 109 Å². The second-order valence-corrected chi connectivity index (χ2v) is 11.3. The Bertz CT molecular complexity index is 1430. The Morgan fingerprint density at radius 1 is 0.705 bits per heavy atom. The number of benzene rings is 4. The minimum Gasteiger partial charge on any atom is -0.494 e. The first-order chi connectivity index (χ1) is 21.6. The van der Waals surface area contributed by atoms with E-state index in [1.807, 2.05) is 41.3 Å². The molecule has 1 N–H and O–H groups in total. The van der Waals surface area contributed by atoms with Gasteiger partial charge in [-0.25, -0.2) is 0 Å². The number of piperazine rings is 1. The van der Waals surface area contributed by atoms with Crippen molar-refractivity contribution in [2.45, 2.75) is 45.1 Å². The van der Waals surface area contributed by atoms with E-state index in [9.17, 15) is 9.59 Å². The third kappa shape index (κ3) is 8.14. The Morgan fingerprint density at radius 3 is 1.93 bits per heavy atom. The molecule has 44 heavy (non-hydrogen) atoms. The second kappa shape index (κ2) is 15.9. The Kier molecular flexibility index (Phi) is 11.2. The molecule has 0 saturated carbocycles. The smallest absolute Gasteiger partial charge is 0.256 e. The molecule has 5 rings (SSSR count). The monoisotopic (exact) mass is 589 g/mol. The summed E-state index contributed by atoms with van der Waals surface area (Å²) >= 11 is 0. The topological polar surface area (TPSA) is 61.9 Å². The van der Waals surface area contributed by atoms with Crippen molar-refractivity contribution >= 4 is 17.5 Å². The first-order valence-electron chi connectivity index (χ1n) is 15.9. The Morgan fingerprint density at radius 2 is 1.30 bits per heavy atom. The van der Waals surface area contributed by atoms with Crippen molar-refractivity contribution in [2.24, 2.45) is 0 Å². The lowest BCUT2D eigenvalue weighted by molar-refractivity contribution is 0.0598. The van der Waals surface area contributed by atoms with Crippen LogP contribution in [0.4, 0.5) is 5.69 Å². The van der Waals surface area contributed by atoms with Crippen molar-refractivity contribution in [3.63, 3.8) is 0 Å². The molecule has 4 aromatic rings. The minimum atomic E-state index is -0.255. The highest BCUT2D eigenvalue weighted by atomic mass is 16.5. The molecular formula is C38H43N3O3. The normalized spacial score (nSPS) is 13.5. The fourth-order valence-electron chi connectivity index (χ4n) is 5.81. The van der Waals surface area contributed by atoms with Gasteiger partial charge in [0.25, 0.3) is 11.8 Å². The zero-order valence-corrected chi connectivity index (χ0v) is 25.7. The second-order valence-electron chi connectivity index (χ2n) is 11.3. The molecule has 6 heteroatoms. The number of nitrogens with zero attached hydrogens (tertiary/aromatic N) is 2. The summed E-state index contributed by atoms with van der Waals surface area (Å²) in [5.74, 6) is 0.433. The number of anilines is 1. The van der Waals surface area contributed by atoms with Crippen LogP contribution in [0, 0.1) is 0 Å². The SMILES string of the molecule is CCCCCCCOc1ccc(C(=O)Nc2ccccc2C(=O)N2CCN(C(c3ccccc3)c3ccccc3)CC2)cc1. The van der Waals surface area contributed by atoms with Crippen LogP contribution in [0.3, 0.4) is 0 Å². The van der Waals surface area contributed by atoms with E-state index in [0.29, 0.717) is 36.5 Å². The van der Waals surface area contributed by atoms with Gasteiger partial charge in [-0.2, -0.15) is 0 Å². The van der Waals surface area contributed by atoms with Crippen molar-refractivity contribution < 1.29 is 14.3 Å². The molecule has 228 valence electrons. The van der Waals surface area contributed by atoms with E-state index in [4.69, 9.17) is 4.74 Å². The van der Waals surface area contributed by atoms with E-state index in [1.54, 1.807) is 24.3 Å². The molecule has 1 aliphatic heterocycles. The van der Waals surface area contributed by atoms with Crippen LogP contribution in [0.2, 0.25) is 0 Å². The molecule has 0 spiro atoms. The number of nitrogens with one attached hydrogen (secondary N) is 1. The van der Waals surface area contributed by atoms with Gasteiger partial charge >= 0.3 is 0 Å². The van der Waals surface area contributed by atoms with Gasteiger partial charge in [0.05, 0.1) is 23.9 Å². The summed E-state index contributed by atoms with van der Waals surface area (Å²) in [6.07, 6.45) is 5.93. The molecule has 0 atom stereocenters. The van der Waals surface area contributed by atoms with E-state index < -0.39 is 0 Å². The van der Waals surface area contributed by atoms with Gasteiger partial charge in [0.2, 0.25) is 0 Å². The fourth-order valence-corrected chi connectivity index (χ4v) is 5.81. The standard InChI is InChI=1S/C38H43N3O3/c1-2-3-4-5-14-29-44-33-23-21-32(22-24-33)37(42)39-35-20-13-12-19-34(35)38(43)41-27-25-40(26-28-41)36(30-15-8-6-9-16-30)31-17-10-7-11-18-31/h6-13,15-24,36H,2-5,14,25-29H2,1H3,(H,39,42). The van der Waals surface area contributed by atoms with Gasteiger partial charge in [0, 0.05) is 31.7 Å². The van der Waals surface area contributed by atoms with Crippen molar-refractivity contribution in [1.82, 2.24) is 9.80 Å². The molecule has 2 amide bonds. The average Bonchev–Trinajstić information content (AvgIpc) is 3.08. The Labute approximate surface area is 261 Å². The summed E-state index contributed by atoms with van der Waals surface area (Å²) in [5, 5.41) is 2.97. The minimum absolute atomic E-state index is 0.0702. The number of hydrogen-bond acceptors (Lipinski definition) is 4. The Hall–Kier alpha value is -4.42.